The van der Waals surface area contributed by atoms with Gasteiger partial charge in [-0.05, 0) is 50.2 Å². The van der Waals surface area contributed by atoms with Gasteiger partial charge in [0.15, 0.2) is 5.96 Å². The summed E-state index contributed by atoms with van der Waals surface area (Å²) in [7, 11) is 0. The molecule has 3 nitrogen and oxygen atoms in total. The molecule has 0 bridgehead atoms. The van der Waals surface area contributed by atoms with Gasteiger partial charge in [-0.15, -0.1) is 0 Å². The van der Waals surface area contributed by atoms with Gasteiger partial charge in [0, 0.05) is 5.69 Å². The zero-order chi connectivity index (χ0) is 14.2. The number of hydrogen-bond acceptors (Lipinski definition) is 3. The Morgan fingerprint density at radius 1 is 1.30 bits per heavy atom. The van der Waals surface area contributed by atoms with Crippen LogP contribution in [0.15, 0.2) is 29.3 Å². The average molecular weight is 271 g/mol. The van der Waals surface area contributed by atoms with Gasteiger partial charge >= 0.3 is 0 Å². The summed E-state index contributed by atoms with van der Waals surface area (Å²) < 4.78 is 0. The molecule has 1 aliphatic carbocycles. The van der Waals surface area contributed by atoms with Crippen LogP contribution in [0.2, 0.25) is 0 Å². The highest BCUT2D eigenvalue weighted by Crippen LogP contribution is 2.43. The van der Waals surface area contributed by atoms with E-state index in [1.165, 1.54) is 43.4 Å². The summed E-state index contributed by atoms with van der Waals surface area (Å²) >= 11 is 0. The van der Waals surface area contributed by atoms with E-state index in [1.807, 2.05) is 0 Å². The van der Waals surface area contributed by atoms with Crippen LogP contribution in [0, 0.1) is 12.8 Å². The van der Waals surface area contributed by atoms with E-state index in [0.717, 1.165) is 12.5 Å². The summed E-state index contributed by atoms with van der Waals surface area (Å²) in [6.07, 6.45) is 6.34. The summed E-state index contributed by atoms with van der Waals surface area (Å²) in [5.74, 6) is 1.59. The standard InChI is InChI=1S/C17H25N3/c1-3-14-8-10-17(11-9-14)12-19-16(18)20(17)15-7-5-4-6-13(15)2/h4-7,14H,3,8-12H2,1-2H3,(H2,18,19). The van der Waals surface area contributed by atoms with Crippen molar-refractivity contribution < 1.29 is 0 Å². The molecular formula is C17H25N3. The summed E-state index contributed by atoms with van der Waals surface area (Å²) in [6, 6.07) is 8.52. The van der Waals surface area contributed by atoms with E-state index < -0.39 is 0 Å². The molecule has 0 aromatic heterocycles. The topological polar surface area (TPSA) is 41.6 Å². The van der Waals surface area contributed by atoms with Crippen molar-refractivity contribution in [3.63, 3.8) is 0 Å². The first-order valence-corrected chi connectivity index (χ1v) is 7.82. The third kappa shape index (κ3) is 2.09. The largest absolute Gasteiger partial charge is 0.369 e. The van der Waals surface area contributed by atoms with Crippen molar-refractivity contribution in [3.8, 4) is 0 Å². The number of aliphatic imine (C=N–C) groups is 1. The number of aryl methyl sites for hydroxylation is 1. The minimum atomic E-state index is 0.141. The summed E-state index contributed by atoms with van der Waals surface area (Å²) in [5, 5.41) is 0. The van der Waals surface area contributed by atoms with Crippen LogP contribution in [0.25, 0.3) is 0 Å². The SMILES string of the molecule is CCC1CCC2(CC1)CN=C(N)N2c1ccccc1C. The number of nitrogens with two attached hydrogens (primary N) is 1. The van der Waals surface area contributed by atoms with Crippen molar-refractivity contribution in [1.82, 2.24) is 0 Å². The molecule has 1 aromatic carbocycles. The Morgan fingerprint density at radius 3 is 2.65 bits per heavy atom. The Labute approximate surface area is 121 Å². The molecule has 1 aliphatic heterocycles. The van der Waals surface area contributed by atoms with E-state index >= 15 is 0 Å². The van der Waals surface area contributed by atoms with Crippen LogP contribution in [0.4, 0.5) is 5.69 Å². The maximum absolute atomic E-state index is 6.23. The molecule has 0 unspecified atom stereocenters. The molecule has 1 spiro atoms. The van der Waals surface area contributed by atoms with E-state index in [2.05, 4.69) is 48.0 Å². The highest BCUT2D eigenvalue weighted by atomic mass is 15.4. The van der Waals surface area contributed by atoms with Gasteiger partial charge in [-0.3, -0.25) is 4.99 Å². The fourth-order valence-corrected chi connectivity index (χ4v) is 3.81. The highest BCUT2D eigenvalue weighted by Gasteiger charge is 2.45. The number of nitrogens with zero attached hydrogens (tertiary/aromatic N) is 2. The lowest BCUT2D eigenvalue weighted by atomic mass is 9.75. The van der Waals surface area contributed by atoms with Crippen molar-refractivity contribution >= 4 is 11.6 Å². The van der Waals surface area contributed by atoms with Gasteiger partial charge < -0.3 is 10.6 Å². The molecule has 20 heavy (non-hydrogen) atoms. The Kier molecular flexibility index (Phi) is 3.45. The maximum Gasteiger partial charge on any atom is 0.196 e. The molecule has 1 aromatic rings. The minimum absolute atomic E-state index is 0.141. The van der Waals surface area contributed by atoms with E-state index in [0.29, 0.717) is 5.96 Å². The predicted molar refractivity (Wildman–Crippen MR) is 85.1 cm³/mol. The van der Waals surface area contributed by atoms with Gasteiger partial charge in [0.2, 0.25) is 0 Å². The molecule has 0 radical (unpaired) electrons. The average Bonchev–Trinajstić information content (AvgIpc) is 2.78. The molecule has 1 heterocycles. The van der Waals surface area contributed by atoms with Crippen LogP contribution in [0.5, 0.6) is 0 Å². The van der Waals surface area contributed by atoms with E-state index in [-0.39, 0.29) is 5.54 Å². The molecule has 3 heteroatoms. The smallest absolute Gasteiger partial charge is 0.196 e. The first kappa shape index (κ1) is 13.5. The summed E-state index contributed by atoms with van der Waals surface area (Å²) in [4.78, 5) is 6.91. The summed E-state index contributed by atoms with van der Waals surface area (Å²) in [5.41, 5.74) is 8.89. The zero-order valence-electron chi connectivity index (χ0n) is 12.6. The monoisotopic (exact) mass is 271 g/mol. The molecule has 2 N–H and O–H groups in total. The van der Waals surface area contributed by atoms with Crippen molar-refractivity contribution in [2.45, 2.75) is 51.5 Å². The van der Waals surface area contributed by atoms with Crippen LogP contribution in [-0.4, -0.2) is 18.0 Å². The lowest BCUT2D eigenvalue weighted by molar-refractivity contribution is 0.244. The second kappa shape index (κ2) is 5.12. The predicted octanol–water partition coefficient (Wildman–Crippen LogP) is 3.47. The quantitative estimate of drug-likeness (QED) is 0.895. The van der Waals surface area contributed by atoms with E-state index in [1.54, 1.807) is 0 Å². The van der Waals surface area contributed by atoms with Crippen molar-refractivity contribution in [1.29, 1.82) is 0 Å². The van der Waals surface area contributed by atoms with Crippen LogP contribution in [0.3, 0.4) is 0 Å². The highest BCUT2D eigenvalue weighted by molar-refractivity contribution is 5.99. The minimum Gasteiger partial charge on any atom is -0.369 e. The number of rotatable bonds is 2. The van der Waals surface area contributed by atoms with Gasteiger partial charge in [-0.1, -0.05) is 31.5 Å². The third-order valence-corrected chi connectivity index (χ3v) is 5.21. The van der Waals surface area contributed by atoms with Crippen LogP contribution in [-0.2, 0) is 0 Å². The first-order chi connectivity index (χ1) is 9.66. The van der Waals surface area contributed by atoms with Crippen molar-refractivity contribution in [2.75, 3.05) is 11.4 Å². The number of para-hydroxylation sites is 1. The maximum atomic E-state index is 6.23. The Hall–Kier alpha value is -1.51. The van der Waals surface area contributed by atoms with Crippen molar-refractivity contribution in [3.05, 3.63) is 29.8 Å². The van der Waals surface area contributed by atoms with Gasteiger partial charge in [0.05, 0.1) is 12.1 Å². The zero-order valence-corrected chi connectivity index (χ0v) is 12.6. The number of guanidine groups is 1. The van der Waals surface area contributed by atoms with Gasteiger partial charge in [-0.25, -0.2) is 0 Å². The number of anilines is 1. The van der Waals surface area contributed by atoms with E-state index in [4.69, 9.17) is 5.73 Å². The molecule has 0 saturated heterocycles. The van der Waals surface area contributed by atoms with Crippen LogP contribution >= 0.6 is 0 Å². The van der Waals surface area contributed by atoms with Gasteiger partial charge in [-0.2, -0.15) is 0 Å². The fraction of sp³-hybridized carbons (Fsp3) is 0.588. The molecule has 1 fully saturated rings. The molecular weight excluding hydrogens is 246 g/mol. The first-order valence-electron chi connectivity index (χ1n) is 7.82. The van der Waals surface area contributed by atoms with Crippen molar-refractivity contribution in [2.24, 2.45) is 16.6 Å². The second-order valence-electron chi connectivity index (χ2n) is 6.37. The lowest BCUT2D eigenvalue weighted by Gasteiger charge is -2.44. The molecule has 108 valence electrons. The second-order valence-corrected chi connectivity index (χ2v) is 6.37. The Bertz CT molecular complexity index is 513. The fourth-order valence-electron chi connectivity index (χ4n) is 3.81. The number of hydrogen-bond donors (Lipinski definition) is 1. The molecule has 2 aliphatic rings. The number of benzene rings is 1. The van der Waals surface area contributed by atoms with Crippen LogP contribution < -0.4 is 10.6 Å². The normalized spacial score (nSPS) is 29.8. The van der Waals surface area contributed by atoms with Gasteiger partial charge in [0.25, 0.3) is 0 Å². The summed E-state index contributed by atoms with van der Waals surface area (Å²) in [6.45, 7) is 5.33. The molecule has 1 saturated carbocycles. The molecule has 3 rings (SSSR count). The Morgan fingerprint density at radius 2 is 2.00 bits per heavy atom. The Balaban J connectivity index is 1.92. The lowest BCUT2D eigenvalue weighted by Crippen LogP contribution is -2.54. The van der Waals surface area contributed by atoms with Crippen LogP contribution in [0.1, 0.15) is 44.6 Å². The third-order valence-electron chi connectivity index (χ3n) is 5.21. The van der Waals surface area contributed by atoms with Gasteiger partial charge in [0.1, 0.15) is 0 Å². The molecule has 0 amide bonds. The molecule has 0 atom stereocenters. The van der Waals surface area contributed by atoms with E-state index in [9.17, 15) is 0 Å².